The zero-order chi connectivity index (χ0) is 16.1. The van der Waals surface area contributed by atoms with Crippen LogP contribution in [0.25, 0.3) is 0 Å². The number of carbonyl (C=O) groups is 1. The Bertz CT molecular complexity index is 524. The van der Waals surface area contributed by atoms with E-state index in [1.807, 2.05) is 11.8 Å². The molecule has 4 nitrogen and oxygen atoms in total. The van der Waals surface area contributed by atoms with E-state index < -0.39 is 0 Å². The van der Waals surface area contributed by atoms with E-state index >= 15 is 0 Å². The Kier molecular flexibility index (Phi) is 5.70. The molecular weight excluding hydrogens is 308 g/mol. The van der Waals surface area contributed by atoms with Crippen LogP contribution in [-0.4, -0.2) is 49.5 Å². The molecule has 0 aromatic heterocycles. The minimum atomic E-state index is -0.216. The molecule has 126 valence electrons. The lowest BCUT2D eigenvalue weighted by Crippen LogP contribution is -2.48. The van der Waals surface area contributed by atoms with Crippen molar-refractivity contribution in [3.8, 4) is 0 Å². The van der Waals surface area contributed by atoms with Gasteiger partial charge in [0.25, 0.3) is 0 Å². The average Bonchev–Trinajstić information content (AvgIpc) is 2.62. The molecule has 0 unspecified atom stereocenters. The Balaban J connectivity index is 1.58. The molecular formula is C18H26N2O2S. The van der Waals surface area contributed by atoms with Crippen LogP contribution in [-0.2, 0) is 4.74 Å². The molecule has 5 heteroatoms. The van der Waals surface area contributed by atoms with Gasteiger partial charge in [0, 0.05) is 42.0 Å². The van der Waals surface area contributed by atoms with Gasteiger partial charge in [0.1, 0.15) is 0 Å². The Morgan fingerprint density at radius 3 is 2.57 bits per heavy atom. The van der Waals surface area contributed by atoms with Gasteiger partial charge in [-0.15, -0.1) is 11.8 Å². The monoisotopic (exact) mass is 334 g/mol. The quantitative estimate of drug-likeness (QED) is 0.836. The van der Waals surface area contributed by atoms with E-state index in [0.29, 0.717) is 0 Å². The van der Waals surface area contributed by atoms with E-state index in [2.05, 4.69) is 29.2 Å². The molecule has 1 saturated heterocycles. The Morgan fingerprint density at radius 2 is 1.87 bits per heavy atom. The molecule has 0 bridgehead atoms. The van der Waals surface area contributed by atoms with Gasteiger partial charge < -0.3 is 14.5 Å². The lowest BCUT2D eigenvalue weighted by atomic mass is 10.0. The van der Waals surface area contributed by atoms with Crippen LogP contribution < -0.4 is 4.90 Å². The molecule has 0 spiro atoms. The van der Waals surface area contributed by atoms with E-state index in [-0.39, 0.29) is 6.09 Å². The summed E-state index contributed by atoms with van der Waals surface area (Å²) < 4.78 is 4.80. The number of anilines is 1. The predicted molar refractivity (Wildman–Crippen MR) is 95.4 cm³/mol. The van der Waals surface area contributed by atoms with E-state index in [1.54, 1.807) is 4.90 Å². The van der Waals surface area contributed by atoms with Crippen molar-refractivity contribution in [3.05, 3.63) is 24.3 Å². The molecule has 0 radical (unpaired) electrons. The van der Waals surface area contributed by atoms with Crippen LogP contribution >= 0.6 is 11.8 Å². The smallest absolute Gasteiger partial charge is 0.409 e. The third-order valence-corrected chi connectivity index (χ3v) is 6.08. The molecule has 0 atom stereocenters. The number of methoxy groups -OCH3 is 1. The first-order valence-electron chi connectivity index (χ1n) is 8.61. The van der Waals surface area contributed by atoms with E-state index in [1.165, 1.54) is 49.8 Å². The number of rotatable bonds is 3. The first kappa shape index (κ1) is 16.5. The number of hydrogen-bond donors (Lipinski definition) is 0. The van der Waals surface area contributed by atoms with Crippen molar-refractivity contribution >= 4 is 23.5 Å². The van der Waals surface area contributed by atoms with Crippen LogP contribution in [0, 0.1) is 0 Å². The van der Waals surface area contributed by atoms with Gasteiger partial charge in [0.2, 0.25) is 0 Å². The summed E-state index contributed by atoms with van der Waals surface area (Å²) in [6.45, 7) is 3.19. The lowest BCUT2D eigenvalue weighted by Gasteiger charge is -2.35. The van der Waals surface area contributed by atoms with Gasteiger partial charge in [-0.2, -0.15) is 0 Å². The zero-order valence-electron chi connectivity index (χ0n) is 13.9. The first-order valence-corrected chi connectivity index (χ1v) is 9.49. The van der Waals surface area contributed by atoms with Crippen molar-refractivity contribution in [1.82, 2.24) is 4.90 Å². The molecule has 1 aromatic carbocycles. The number of thioether (sulfide) groups is 1. The van der Waals surface area contributed by atoms with Crippen LogP contribution in [0.3, 0.4) is 0 Å². The highest BCUT2D eigenvalue weighted by molar-refractivity contribution is 8.00. The van der Waals surface area contributed by atoms with Gasteiger partial charge in [-0.05, 0) is 31.0 Å². The molecule has 1 heterocycles. The van der Waals surface area contributed by atoms with Crippen molar-refractivity contribution in [2.75, 3.05) is 38.2 Å². The number of hydrogen-bond acceptors (Lipinski definition) is 4. The topological polar surface area (TPSA) is 32.8 Å². The van der Waals surface area contributed by atoms with Crippen LogP contribution in [0.2, 0.25) is 0 Å². The lowest BCUT2D eigenvalue weighted by molar-refractivity contribution is 0.121. The largest absolute Gasteiger partial charge is 0.453 e. The Labute approximate surface area is 143 Å². The number of nitrogens with zero attached hydrogens (tertiary/aromatic N) is 2. The molecule has 1 saturated carbocycles. The second kappa shape index (κ2) is 7.95. The third-order valence-electron chi connectivity index (χ3n) is 4.75. The van der Waals surface area contributed by atoms with Gasteiger partial charge in [0.05, 0.1) is 7.11 Å². The van der Waals surface area contributed by atoms with Crippen LogP contribution in [0.5, 0.6) is 0 Å². The summed E-state index contributed by atoms with van der Waals surface area (Å²) in [6, 6.07) is 8.88. The molecule has 0 N–H and O–H groups in total. The van der Waals surface area contributed by atoms with Crippen LogP contribution in [0.1, 0.15) is 32.1 Å². The van der Waals surface area contributed by atoms with E-state index in [4.69, 9.17) is 4.74 Å². The Morgan fingerprint density at radius 1 is 1.13 bits per heavy atom. The van der Waals surface area contributed by atoms with Gasteiger partial charge in [-0.1, -0.05) is 25.3 Å². The van der Waals surface area contributed by atoms with E-state index in [9.17, 15) is 4.79 Å². The van der Waals surface area contributed by atoms with Gasteiger partial charge in [0.15, 0.2) is 0 Å². The normalized spacial score (nSPS) is 19.7. The fourth-order valence-corrected chi connectivity index (χ4v) is 4.71. The third kappa shape index (κ3) is 4.34. The summed E-state index contributed by atoms with van der Waals surface area (Å²) >= 11 is 2.04. The van der Waals surface area contributed by atoms with Crippen LogP contribution in [0.4, 0.5) is 10.5 Å². The molecule has 23 heavy (non-hydrogen) atoms. The maximum atomic E-state index is 11.6. The minimum absolute atomic E-state index is 0.216. The summed E-state index contributed by atoms with van der Waals surface area (Å²) in [5, 5.41) is 0.787. The molecule has 2 fully saturated rings. The molecule has 1 aliphatic heterocycles. The van der Waals surface area contributed by atoms with Gasteiger partial charge in [-0.3, -0.25) is 0 Å². The molecule has 1 aromatic rings. The summed E-state index contributed by atoms with van der Waals surface area (Å²) in [6.07, 6.45) is 6.66. The highest BCUT2D eigenvalue weighted by Crippen LogP contribution is 2.35. The van der Waals surface area contributed by atoms with Crippen molar-refractivity contribution in [2.24, 2.45) is 0 Å². The number of benzene rings is 1. The highest BCUT2D eigenvalue weighted by Gasteiger charge is 2.22. The summed E-state index contributed by atoms with van der Waals surface area (Å²) in [7, 11) is 1.45. The first-order chi connectivity index (χ1) is 11.3. The summed E-state index contributed by atoms with van der Waals surface area (Å²) in [4.78, 5) is 17.1. The summed E-state index contributed by atoms with van der Waals surface area (Å²) in [5.74, 6) is 0. The van der Waals surface area contributed by atoms with Crippen molar-refractivity contribution in [1.29, 1.82) is 0 Å². The molecule has 1 aliphatic carbocycles. The highest BCUT2D eigenvalue weighted by atomic mass is 32.2. The van der Waals surface area contributed by atoms with Crippen molar-refractivity contribution in [3.63, 3.8) is 0 Å². The summed E-state index contributed by atoms with van der Waals surface area (Å²) in [5.41, 5.74) is 1.27. The number of ether oxygens (including phenoxy) is 1. The maximum Gasteiger partial charge on any atom is 0.409 e. The number of amides is 1. The van der Waals surface area contributed by atoms with Gasteiger partial charge in [-0.25, -0.2) is 4.79 Å². The second-order valence-electron chi connectivity index (χ2n) is 6.32. The van der Waals surface area contributed by atoms with Crippen LogP contribution in [0.15, 0.2) is 29.2 Å². The number of carbonyl (C=O) groups excluding carboxylic acids is 1. The minimum Gasteiger partial charge on any atom is -0.453 e. The Hall–Kier alpha value is -1.36. The predicted octanol–water partition coefficient (Wildman–Crippen LogP) is 4.00. The second-order valence-corrected chi connectivity index (χ2v) is 7.69. The number of piperazine rings is 1. The van der Waals surface area contributed by atoms with E-state index in [0.717, 1.165) is 31.4 Å². The molecule has 3 rings (SSSR count). The van der Waals surface area contributed by atoms with Crippen molar-refractivity contribution in [2.45, 2.75) is 42.2 Å². The SMILES string of the molecule is COC(=O)N1CCN(c2cccc(SC3CCCCC3)c2)CC1. The molecule has 2 aliphatic rings. The van der Waals surface area contributed by atoms with Gasteiger partial charge >= 0.3 is 6.09 Å². The zero-order valence-corrected chi connectivity index (χ0v) is 14.7. The van der Waals surface area contributed by atoms with Crippen molar-refractivity contribution < 1.29 is 9.53 Å². The maximum absolute atomic E-state index is 11.6. The fourth-order valence-electron chi connectivity index (χ4n) is 3.41. The molecule has 1 amide bonds. The fraction of sp³-hybridized carbons (Fsp3) is 0.611. The standard InChI is InChI=1S/C18H26N2O2S/c1-22-18(21)20-12-10-19(11-13-20)15-6-5-9-17(14-15)23-16-7-3-2-4-8-16/h5-6,9,14,16H,2-4,7-8,10-13H2,1H3. The average molecular weight is 334 g/mol.